The Morgan fingerprint density at radius 3 is 2.82 bits per heavy atom. The first kappa shape index (κ1) is 19.0. The van der Waals surface area contributed by atoms with Crippen LogP contribution in [0.3, 0.4) is 0 Å². The van der Waals surface area contributed by atoms with Crippen LogP contribution in [0.4, 0.5) is 0 Å². The van der Waals surface area contributed by atoms with Crippen LogP contribution in [0.15, 0.2) is 10.5 Å². The standard InChI is InChI=1S/C15H24N2O4.ClH/c1-10-14(15(18)20-3)7-13(21-10)9-17-5-4-12(19-2)6-11(17)8-16;/h7,11-12H,4-6,8-9,16H2,1-3H3;1H. The zero-order chi connectivity index (χ0) is 15.4. The molecular weight excluding hydrogens is 308 g/mol. The van der Waals surface area contributed by atoms with Crippen molar-refractivity contribution >= 4 is 18.4 Å². The Hall–Kier alpha value is -1.08. The SMILES string of the molecule is COC(=O)c1cc(CN2CCC(OC)CC2CN)oc1C.Cl. The minimum atomic E-state index is -0.365. The molecule has 2 rings (SSSR count). The number of piperidine rings is 1. The number of halogens is 1. The van der Waals surface area contributed by atoms with Crippen LogP contribution in [0.25, 0.3) is 0 Å². The van der Waals surface area contributed by atoms with Gasteiger partial charge in [-0.3, -0.25) is 4.90 Å². The van der Waals surface area contributed by atoms with Gasteiger partial charge in [-0.15, -0.1) is 12.4 Å². The number of ether oxygens (including phenoxy) is 2. The van der Waals surface area contributed by atoms with Gasteiger partial charge >= 0.3 is 5.97 Å². The van der Waals surface area contributed by atoms with Crippen LogP contribution in [-0.2, 0) is 16.0 Å². The molecule has 2 unspecified atom stereocenters. The zero-order valence-electron chi connectivity index (χ0n) is 13.3. The molecule has 1 fully saturated rings. The molecule has 0 radical (unpaired) electrons. The van der Waals surface area contributed by atoms with Crippen molar-refractivity contribution in [2.45, 2.75) is 38.5 Å². The summed E-state index contributed by atoms with van der Waals surface area (Å²) < 4.78 is 15.8. The number of hydrogen-bond donors (Lipinski definition) is 1. The van der Waals surface area contributed by atoms with Crippen LogP contribution in [-0.4, -0.2) is 50.3 Å². The molecule has 22 heavy (non-hydrogen) atoms. The summed E-state index contributed by atoms with van der Waals surface area (Å²) >= 11 is 0. The number of furan rings is 1. The highest BCUT2D eigenvalue weighted by Gasteiger charge is 2.28. The Bertz CT molecular complexity index is 492. The van der Waals surface area contributed by atoms with Crippen molar-refractivity contribution in [1.29, 1.82) is 0 Å². The van der Waals surface area contributed by atoms with Gasteiger partial charge in [0.15, 0.2) is 0 Å². The van der Waals surface area contributed by atoms with Crippen LogP contribution >= 0.6 is 12.4 Å². The Balaban J connectivity index is 0.00000242. The second kappa shape index (κ2) is 8.53. The summed E-state index contributed by atoms with van der Waals surface area (Å²) in [5.74, 6) is 0.992. The van der Waals surface area contributed by atoms with Crippen LogP contribution < -0.4 is 5.73 Å². The smallest absolute Gasteiger partial charge is 0.341 e. The molecule has 126 valence electrons. The van der Waals surface area contributed by atoms with E-state index in [4.69, 9.17) is 19.6 Å². The predicted octanol–water partition coefficient (Wildman–Crippen LogP) is 1.73. The largest absolute Gasteiger partial charge is 0.465 e. The molecule has 0 bridgehead atoms. The van der Waals surface area contributed by atoms with Gasteiger partial charge < -0.3 is 19.6 Å². The summed E-state index contributed by atoms with van der Waals surface area (Å²) in [4.78, 5) is 13.9. The molecule has 0 aliphatic carbocycles. The van der Waals surface area contributed by atoms with Crippen LogP contribution in [0.2, 0.25) is 0 Å². The van der Waals surface area contributed by atoms with Gasteiger partial charge in [-0.1, -0.05) is 0 Å². The minimum absolute atomic E-state index is 0. The molecule has 0 aromatic carbocycles. The number of esters is 1. The Morgan fingerprint density at radius 2 is 2.23 bits per heavy atom. The fourth-order valence-electron chi connectivity index (χ4n) is 2.86. The van der Waals surface area contributed by atoms with E-state index in [1.807, 2.05) is 0 Å². The lowest BCUT2D eigenvalue weighted by molar-refractivity contribution is 0.00790. The van der Waals surface area contributed by atoms with E-state index < -0.39 is 0 Å². The zero-order valence-corrected chi connectivity index (χ0v) is 14.1. The highest BCUT2D eigenvalue weighted by molar-refractivity contribution is 5.90. The second-order valence-electron chi connectivity index (χ2n) is 5.42. The lowest BCUT2D eigenvalue weighted by Crippen LogP contribution is -2.47. The average molecular weight is 333 g/mol. The molecule has 1 saturated heterocycles. The molecule has 0 amide bonds. The van der Waals surface area contributed by atoms with E-state index in [1.54, 1.807) is 20.1 Å². The van der Waals surface area contributed by atoms with Crippen molar-refractivity contribution in [1.82, 2.24) is 4.90 Å². The van der Waals surface area contributed by atoms with Crippen molar-refractivity contribution in [2.75, 3.05) is 27.3 Å². The quantitative estimate of drug-likeness (QED) is 0.827. The maximum Gasteiger partial charge on any atom is 0.341 e. The van der Waals surface area contributed by atoms with E-state index in [9.17, 15) is 4.79 Å². The summed E-state index contributed by atoms with van der Waals surface area (Å²) in [5, 5.41) is 0. The number of aryl methyl sites for hydroxylation is 1. The molecule has 6 nitrogen and oxygen atoms in total. The lowest BCUT2D eigenvalue weighted by atomic mass is 9.99. The summed E-state index contributed by atoms with van der Waals surface area (Å²) in [6.45, 7) is 3.92. The van der Waals surface area contributed by atoms with Crippen LogP contribution in [0, 0.1) is 6.92 Å². The van der Waals surface area contributed by atoms with Gasteiger partial charge in [0.2, 0.25) is 0 Å². The molecule has 2 heterocycles. The highest BCUT2D eigenvalue weighted by Crippen LogP contribution is 2.23. The maximum absolute atomic E-state index is 11.6. The Labute approximate surface area is 137 Å². The highest BCUT2D eigenvalue weighted by atomic mass is 35.5. The number of methoxy groups -OCH3 is 2. The predicted molar refractivity (Wildman–Crippen MR) is 85.3 cm³/mol. The first-order chi connectivity index (χ1) is 10.1. The van der Waals surface area contributed by atoms with Gasteiger partial charge in [-0.05, 0) is 25.8 Å². The van der Waals surface area contributed by atoms with E-state index in [0.29, 0.717) is 24.4 Å². The number of nitrogens with zero attached hydrogens (tertiary/aromatic N) is 1. The molecule has 0 saturated carbocycles. The number of carbonyl (C=O) groups is 1. The fraction of sp³-hybridized carbons (Fsp3) is 0.667. The first-order valence-electron chi connectivity index (χ1n) is 7.23. The maximum atomic E-state index is 11.6. The molecule has 1 aromatic rings. The number of nitrogens with two attached hydrogens (primary N) is 1. The van der Waals surface area contributed by atoms with Crippen molar-refractivity contribution in [3.8, 4) is 0 Å². The van der Waals surface area contributed by atoms with Crippen molar-refractivity contribution in [3.63, 3.8) is 0 Å². The third-order valence-electron chi connectivity index (χ3n) is 4.13. The average Bonchev–Trinajstić information content (AvgIpc) is 2.87. The van der Waals surface area contributed by atoms with E-state index in [0.717, 1.165) is 25.1 Å². The third-order valence-corrected chi connectivity index (χ3v) is 4.13. The summed E-state index contributed by atoms with van der Waals surface area (Å²) in [7, 11) is 3.11. The van der Waals surface area contributed by atoms with Crippen molar-refractivity contribution < 1.29 is 18.7 Å². The summed E-state index contributed by atoms with van der Waals surface area (Å²) in [6, 6.07) is 2.03. The molecule has 7 heteroatoms. The van der Waals surface area contributed by atoms with Gasteiger partial charge in [-0.25, -0.2) is 4.79 Å². The van der Waals surface area contributed by atoms with Crippen LogP contribution in [0.1, 0.15) is 34.7 Å². The molecule has 0 spiro atoms. The van der Waals surface area contributed by atoms with Gasteiger partial charge in [0, 0.05) is 26.2 Å². The van der Waals surface area contributed by atoms with E-state index in [-0.39, 0.29) is 30.5 Å². The minimum Gasteiger partial charge on any atom is -0.465 e. The van der Waals surface area contributed by atoms with E-state index in [1.165, 1.54) is 7.11 Å². The molecule has 1 aliphatic rings. The summed E-state index contributed by atoms with van der Waals surface area (Å²) in [5.41, 5.74) is 6.36. The normalized spacial score (nSPS) is 22.2. The molecule has 2 N–H and O–H groups in total. The van der Waals surface area contributed by atoms with Crippen molar-refractivity contribution in [3.05, 3.63) is 23.2 Å². The molecule has 1 aliphatic heterocycles. The Morgan fingerprint density at radius 1 is 1.50 bits per heavy atom. The second-order valence-corrected chi connectivity index (χ2v) is 5.42. The number of carbonyl (C=O) groups excluding carboxylic acids is 1. The van der Waals surface area contributed by atoms with Gasteiger partial charge in [0.05, 0.1) is 19.8 Å². The van der Waals surface area contributed by atoms with E-state index in [2.05, 4.69) is 4.90 Å². The van der Waals surface area contributed by atoms with Crippen molar-refractivity contribution in [2.24, 2.45) is 5.73 Å². The lowest BCUT2D eigenvalue weighted by Gasteiger charge is -2.37. The topological polar surface area (TPSA) is 77.9 Å². The fourth-order valence-corrected chi connectivity index (χ4v) is 2.86. The van der Waals surface area contributed by atoms with E-state index >= 15 is 0 Å². The number of rotatable bonds is 5. The monoisotopic (exact) mass is 332 g/mol. The molecule has 1 aromatic heterocycles. The Kier molecular flexibility index (Phi) is 7.35. The van der Waals surface area contributed by atoms with Gasteiger partial charge in [0.1, 0.15) is 17.1 Å². The molecule has 2 atom stereocenters. The van der Waals surface area contributed by atoms with Gasteiger partial charge in [0.25, 0.3) is 0 Å². The summed E-state index contributed by atoms with van der Waals surface area (Å²) in [6.07, 6.45) is 2.19. The first-order valence-corrected chi connectivity index (χ1v) is 7.23. The van der Waals surface area contributed by atoms with Gasteiger partial charge in [-0.2, -0.15) is 0 Å². The third kappa shape index (κ3) is 4.23. The molecular formula is C15H25ClN2O4. The number of likely N-dealkylation sites (tertiary alicyclic amines) is 1. The number of hydrogen-bond acceptors (Lipinski definition) is 6. The van der Waals surface area contributed by atoms with Crippen LogP contribution in [0.5, 0.6) is 0 Å².